The van der Waals surface area contributed by atoms with E-state index in [1.165, 1.54) is 12.1 Å². The van der Waals surface area contributed by atoms with E-state index in [0.29, 0.717) is 11.3 Å². The van der Waals surface area contributed by atoms with E-state index < -0.39 is 11.8 Å². The van der Waals surface area contributed by atoms with E-state index in [-0.39, 0.29) is 42.8 Å². The molecule has 4 rings (SSSR count). The molecule has 0 saturated carbocycles. The van der Waals surface area contributed by atoms with E-state index in [2.05, 4.69) is 5.32 Å². The molecule has 0 fully saturated rings. The van der Waals surface area contributed by atoms with Crippen molar-refractivity contribution < 1.29 is 14.4 Å². The number of fused-ring (bicyclic) bond motifs is 1. The van der Waals surface area contributed by atoms with Gasteiger partial charge >= 0.3 is 0 Å². The van der Waals surface area contributed by atoms with Gasteiger partial charge in [0.1, 0.15) is 0 Å². The summed E-state index contributed by atoms with van der Waals surface area (Å²) in [4.78, 5) is 39.0. The highest BCUT2D eigenvalue weighted by Gasteiger charge is 2.42. The number of carbonyl (C=O) groups excluding carboxylic acids is 3. The first-order chi connectivity index (χ1) is 14.3. The topological polar surface area (TPSA) is 66.5 Å². The predicted octanol–water partition coefficient (Wildman–Crippen LogP) is 6.35. The van der Waals surface area contributed by atoms with Gasteiger partial charge in [0.15, 0.2) is 0 Å². The van der Waals surface area contributed by atoms with Crippen molar-refractivity contribution in [3.8, 4) is 0 Å². The molecule has 0 atom stereocenters. The monoisotopic (exact) mass is 478 g/mol. The van der Waals surface area contributed by atoms with Crippen LogP contribution in [0.4, 0.5) is 11.4 Å². The molecule has 0 aromatic heterocycles. The van der Waals surface area contributed by atoms with Crippen molar-refractivity contribution in [3.63, 3.8) is 0 Å². The zero-order valence-electron chi connectivity index (χ0n) is 14.9. The van der Waals surface area contributed by atoms with Gasteiger partial charge < -0.3 is 5.32 Å². The Hall–Kier alpha value is -2.57. The SMILES string of the molecule is O=C(Nc1ccc(N2C(=O)c3c(Cl)c(Cl)c(Cl)c(Cl)c3C2=O)cc1)c1ccccc1. The Labute approximate surface area is 191 Å². The minimum atomic E-state index is -0.665. The lowest BCUT2D eigenvalue weighted by molar-refractivity contribution is 0.0925. The Kier molecular flexibility index (Phi) is 5.47. The van der Waals surface area contributed by atoms with Crippen molar-refractivity contribution in [1.82, 2.24) is 0 Å². The van der Waals surface area contributed by atoms with Crippen molar-refractivity contribution in [2.75, 3.05) is 10.2 Å². The first-order valence-electron chi connectivity index (χ1n) is 8.52. The number of carbonyl (C=O) groups is 3. The third-order valence-electron chi connectivity index (χ3n) is 4.52. The molecular formula is C21H10Cl4N2O3. The largest absolute Gasteiger partial charge is 0.322 e. The van der Waals surface area contributed by atoms with Crippen LogP contribution in [0.15, 0.2) is 54.6 Å². The van der Waals surface area contributed by atoms with Gasteiger partial charge in [-0.25, -0.2) is 4.90 Å². The molecule has 1 aliphatic rings. The van der Waals surface area contributed by atoms with Gasteiger partial charge in [0.05, 0.1) is 36.9 Å². The van der Waals surface area contributed by atoms with Crippen molar-refractivity contribution in [1.29, 1.82) is 0 Å². The van der Waals surface area contributed by atoms with Gasteiger partial charge in [0, 0.05) is 11.3 Å². The fourth-order valence-corrected chi connectivity index (χ4v) is 4.08. The zero-order chi connectivity index (χ0) is 21.6. The number of hydrogen-bond acceptors (Lipinski definition) is 3. The molecule has 3 amide bonds. The van der Waals surface area contributed by atoms with Gasteiger partial charge in [-0.2, -0.15) is 0 Å². The highest BCUT2D eigenvalue weighted by molar-refractivity contribution is 6.56. The van der Waals surface area contributed by atoms with Crippen LogP contribution < -0.4 is 10.2 Å². The van der Waals surface area contributed by atoms with Crippen LogP contribution in [0.2, 0.25) is 20.1 Å². The zero-order valence-corrected chi connectivity index (χ0v) is 17.9. The van der Waals surface area contributed by atoms with Gasteiger partial charge in [-0.3, -0.25) is 14.4 Å². The Bertz CT molecular complexity index is 1160. The third kappa shape index (κ3) is 3.34. The van der Waals surface area contributed by atoms with E-state index in [1.807, 2.05) is 6.07 Å². The fraction of sp³-hybridized carbons (Fsp3) is 0. The Morgan fingerprint density at radius 3 is 1.70 bits per heavy atom. The molecule has 150 valence electrons. The summed E-state index contributed by atoms with van der Waals surface area (Å²) in [6, 6.07) is 14.9. The normalized spacial score (nSPS) is 12.9. The minimum Gasteiger partial charge on any atom is -0.322 e. The van der Waals surface area contributed by atoms with Crippen LogP contribution in [-0.2, 0) is 0 Å². The molecule has 5 nitrogen and oxygen atoms in total. The standard InChI is InChI=1S/C21H10Cl4N2O3/c22-15-13-14(16(23)18(25)17(15)24)21(30)27(20(13)29)12-8-6-11(7-9-12)26-19(28)10-4-2-1-3-5-10/h1-9H,(H,26,28). The summed E-state index contributed by atoms with van der Waals surface area (Å²) in [5.74, 6) is -1.62. The lowest BCUT2D eigenvalue weighted by atomic mass is 10.1. The summed E-state index contributed by atoms with van der Waals surface area (Å²) < 4.78 is 0. The molecule has 1 aliphatic heterocycles. The first kappa shape index (κ1) is 20.7. The molecule has 0 saturated heterocycles. The molecule has 1 N–H and O–H groups in total. The second kappa shape index (κ2) is 7.93. The molecule has 0 aliphatic carbocycles. The van der Waals surface area contributed by atoms with Crippen molar-refractivity contribution in [3.05, 3.63) is 91.4 Å². The number of hydrogen-bond donors (Lipinski definition) is 1. The number of imide groups is 1. The van der Waals surface area contributed by atoms with Crippen molar-refractivity contribution in [2.24, 2.45) is 0 Å². The van der Waals surface area contributed by atoms with Crippen LogP contribution in [0, 0.1) is 0 Å². The van der Waals surface area contributed by atoms with E-state index >= 15 is 0 Å². The number of halogens is 4. The van der Waals surface area contributed by atoms with Crippen LogP contribution >= 0.6 is 46.4 Å². The fourth-order valence-electron chi connectivity index (χ4n) is 3.07. The van der Waals surface area contributed by atoms with Crippen LogP contribution in [0.5, 0.6) is 0 Å². The average Bonchev–Trinajstić information content (AvgIpc) is 3.02. The number of nitrogens with zero attached hydrogens (tertiary/aromatic N) is 1. The van der Waals surface area contributed by atoms with Crippen molar-refractivity contribution >= 4 is 75.5 Å². The maximum absolute atomic E-state index is 12.9. The number of benzene rings is 3. The van der Waals surface area contributed by atoms with E-state index in [1.54, 1.807) is 36.4 Å². The summed E-state index contributed by atoms with van der Waals surface area (Å²) in [6.07, 6.45) is 0. The molecule has 9 heteroatoms. The number of nitrogens with one attached hydrogen (secondary N) is 1. The molecule has 3 aromatic rings. The van der Waals surface area contributed by atoms with E-state index in [4.69, 9.17) is 46.4 Å². The number of rotatable bonds is 3. The Balaban J connectivity index is 1.63. The summed E-state index contributed by atoms with van der Waals surface area (Å²) in [5.41, 5.74) is 1.08. The third-order valence-corrected chi connectivity index (χ3v) is 6.32. The van der Waals surface area contributed by atoms with Crippen LogP contribution in [0.1, 0.15) is 31.1 Å². The quantitative estimate of drug-likeness (QED) is 0.270. The molecule has 0 spiro atoms. The van der Waals surface area contributed by atoms with Crippen LogP contribution in [-0.4, -0.2) is 17.7 Å². The molecule has 0 radical (unpaired) electrons. The van der Waals surface area contributed by atoms with Gasteiger partial charge in [-0.1, -0.05) is 64.6 Å². The smallest absolute Gasteiger partial charge is 0.267 e. The van der Waals surface area contributed by atoms with Gasteiger partial charge in [0.25, 0.3) is 17.7 Å². The lowest BCUT2D eigenvalue weighted by Gasteiger charge is -2.14. The van der Waals surface area contributed by atoms with Gasteiger partial charge in [0.2, 0.25) is 0 Å². The summed E-state index contributed by atoms with van der Waals surface area (Å²) in [5, 5.41) is 2.30. The summed E-state index contributed by atoms with van der Waals surface area (Å²) >= 11 is 24.3. The highest BCUT2D eigenvalue weighted by atomic mass is 35.5. The Morgan fingerprint density at radius 2 is 1.20 bits per heavy atom. The van der Waals surface area contributed by atoms with E-state index in [0.717, 1.165) is 4.90 Å². The number of amides is 3. The highest BCUT2D eigenvalue weighted by Crippen LogP contribution is 2.45. The molecular weight excluding hydrogens is 470 g/mol. The molecule has 0 bridgehead atoms. The molecule has 0 unspecified atom stereocenters. The van der Waals surface area contributed by atoms with Gasteiger partial charge in [-0.05, 0) is 36.4 Å². The average molecular weight is 480 g/mol. The molecule has 30 heavy (non-hydrogen) atoms. The maximum atomic E-state index is 12.9. The minimum absolute atomic E-state index is 0.0935. The van der Waals surface area contributed by atoms with Crippen molar-refractivity contribution in [2.45, 2.75) is 0 Å². The second-order valence-electron chi connectivity index (χ2n) is 6.32. The second-order valence-corrected chi connectivity index (χ2v) is 7.83. The summed E-state index contributed by atoms with van der Waals surface area (Å²) in [7, 11) is 0. The van der Waals surface area contributed by atoms with E-state index in [9.17, 15) is 14.4 Å². The lowest BCUT2D eigenvalue weighted by Crippen LogP contribution is -2.29. The predicted molar refractivity (Wildman–Crippen MR) is 118 cm³/mol. The van der Waals surface area contributed by atoms with Gasteiger partial charge in [-0.15, -0.1) is 0 Å². The Morgan fingerprint density at radius 1 is 0.700 bits per heavy atom. The van der Waals surface area contributed by atoms with Crippen LogP contribution in [0.25, 0.3) is 0 Å². The maximum Gasteiger partial charge on any atom is 0.267 e. The number of anilines is 2. The first-order valence-corrected chi connectivity index (χ1v) is 10.0. The molecule has 3 aromatic carbocycles. The molecule has 1 heterocycles. The summed E-state index contributed by atoms with van der Waals surface area (Å²) in [6.45, 7) is 0. The van der Waals surface area contributed by atoms with Crippen LogP contribution in [0.3, 0.4) is 0 Å².